The van der Waals surface area contributed by atoms with Gasteiger partial charge in [0.1, 0.15) is 16.3 Å². The second kappa shape index (κ2) is 6.76. The van der Waals surface area contributed by atoms with Crippen molar-refractivity contribution in [2.75, 3.05) is 18.1 Å². The van der Waals surface area contributed by atoms with Crippen LogP contribution in [0.25, 0.3) is 0 Å². The summed E-state index contributed by atoms with van der Waals surface area (Å²) in [6, 6.07) is 6.52. The third-order valence-electron chi connectivity index (χ3n) is 2.39. The highest BCUT2D eigenvalue weighted by atomic mass is 32.2. The summed E-state index contributed by atoms with van der Waals surface area (Å²) >= 11 is 1.41. The van der Waals surface area contributed by atoms with E-state index in [0.717, 1.165) is 0 Å². The molecule has 3 N–H and O–H groups in total. The number of aromatic nitrogens is 2. The average Bonchev–Trinajstić information content (AvgIpc) is 2.45. The van der Waals surface area contributed by atoms with Crippen LogP contribution in [-0.2, 0) is 0 Å². The highest BCUT2D eigenvalue weighted by Crippen LogP contribution is 2.21. The van der Waals surface area contributed by atoms with Crippen LogP contribution >= 0.6 is 11.8 Å². The number of thioether (sulfide) groups is 1. The molecule has 0 fully saturated rings. The Balaban J connectivity index is 1.88. The van der Waals surface area contributed by atoms with Gasteiger partial charge in [-0.3, -0.25) is 0 Å². The standard InChI is InChI=1S/C13H13N3O3S/c14-11-12(16-6-5-15-11)20-8-7-19-10-4-2-1-3-9(10)13(17)18/h1-6H,7-8H2,(H2,14,15)(H,17,18). The Kier molecular flexibility index (Phi) is 4.78. The number of hydrogen-bond acceptors (Lipinski definition) is 6. The Morgan fingerprint density at radius 3 is 2.80 bits per heavy atom. The number of nitrogen functional groups attached to an aromatic ring is 1. The molecule has 7 heteroatoms. The van der Waals surface area contributed by atoms with Crippen LogP contribution in [0.5, 0.6) is 5.75 Å². The number of carboxylic acid groups (broad SMARTS) is 1. The molecule has 0 saturated heterocycles. The van der Waals surface area contributed by atoms with Gasteiger partial charge in [0.25, 0.3) is 0 Å². The first-order chi connectivity index (χ1) is 9.68. The number of nitrogens with two attached hydrogens (primary N) is 1. The van der Waals surface area contributed by atoms with E-state index in [1.54, 1.807) is 24.4 Å². The summed E-state index contributed by atoms with van der Waals surface area (Å²) < 4.78 is 5.47. The van der Waals surface area contributed by atoms with Crippen LogP contribution < -0.4 is 10.5 Å². The third kappa shape index (κ3) is 3.61. The molecule has 0 unspecified atom stereocenters. The molecule has 0 aliphatic rings. The van der Waals surface area contributed by atoms with Gasteiger partial charge in [-0.2, -0.15) is 0 Å². The number of aromatic carboxylic acids is 1. The zero-order valence-electron chi connectivity index (χ0n) is 10.5. The zero-order valence-corrected chi connectivity index (χ0v) is 11.3. The number of hydrogen-bond donors (Lipinski definition) is 2. The molecule has 0 amide bonds. The van der Waals surface area contributed by atoms with Crippen molar-refractivity contribution in [3.63, 3.8) is 0 Å². The summed E-state index contributed by atoms with van der Waals surface area (Å²) in [5, 5.41) is 9.66. The van der Waals surface area contributed by atoms with Crippen molar-refractivity contribution in [1.82, 2.24) is 9.97 Å². The topological polar surface area (TPSA) is 98.3 Å². The number of carboxylic acids is 1. The molecule has 0 aliphatic heterocycles. The summed E-state index contributed by atoms with van der Waals surface area (Å²) in [6.45, 7) is 0.352. The molecule has 20 heavy (non-hydrogen) atoms. The Labute approximate surface area is 120 Å². The van der Waals surface area contributed by atoms with E-state index in [1.807, 2.05) is 0 Å². The van der Waals surface area contributed by atoms with E-state index in [2.05, 4.69) is 9.97 Å². The van der Waals surface area contributed by atoms with Crippen LogP contribution in [0.2, 0.25) is 0 Å². The molecule has 0 atom stereocenters. The molecule has 0 saturated carbocycles. The first-order valence-electron chi connectivity index (χ1n) is 5.83. The average molecular weight is 291 g/mol. The lowest BCUT2D eigenvalue weighted by Gasteiger charge is -2.08. The number of benzene rings is 1. The van der Waals surface area contributed by atoms with Crippen LogP contribution in [0.4, 0.5) is 5.82 Å². The van der Waals surface area contributed by atoms with Crippen molar-refractivity contribution in [1.29, 1.82) is 0 Å². The van der Waals surface area contributed by atoms with Crippen LogP contribution in [0.15, 0.2) is 41.7 Å². The Morgan fingerprint density at radius 1 is 1.30 bits per heavy atom. The van der Waals surface area contributed by atoms with E-state index in [9.17, 15) is 4.79 Å². The molecular weight excluding hydrogens is 278 g/mol. The van der Waals surface area contributed by atoms with E-state index >= 15 is 0 Å². The highest BCUT2D eigenvalue weighted by molar-refractivity contribution is 7.99. The SMILES string of the molecule is Nc1nccnc1SCCOc1ccccc1C(=O)O. The number of anilines is 1. The van der Waals surface area contributed by atoms with E-state index in [-0.39, 0.29) is 5.56 Å². The van der Waals surface area contributed by atoms with Crippen LogP contribution in [-0.4, -0.2) is 33.4 Å². The van der Waals surface area contributed by atoms with Gasteiger partial charge in [-0.15, -0.1) is 0 Å². The van der Waals surface area contributed by atoms with E-state index in [1.165, 1.54) is 24.0 Å². The smallest absolute Gasteiger partial charge is 0.339 e. The van der Waals surface area contributed by atoms with Gasteiger partial charge in [0.05, 0.1) is 6.61 Å². The highest BCUT2D eigenvalue weighted by Gasteiger charge is 2.10. The first-order valence-corrected chi connectivity index (χ1v) is 6.81. The van der Waals surface area contributed by atoms with Crippen molar-refractivity contribution >= 4 is 23.5 Å². The van der Waals surface area contributed by atoms with Gasteiger partial charge in [0.15, 0.2) is 5.82 Å². The van der Waals surface area contributed by atoms with Crippen LogP contribution in [0.3, 0.4) is 0 Å². The zero-order chi connectivity index (χ0) is 14.4. The molecule has 0 aliphatic carbocycles. The minimum Gasteiger partial charge on any atom is -0.492 e. The van der Waals surface area contributed by atoms with Crippen molar-refractivity contribution < 1.29 is 14.6 Å². The summed E-state index contributed by atoms with van der Waals surface area (Å²) in [7, 11) is 0. The van der Waals surface area contributed by atoms with Crippen molar-refractivity contribution in [3.05, 3.63) is 42.2 Å². The van der Waals surface area contributed by atoms with Crippen LogP contribution in [0.1, 0.15) is 10.4 Å². The van der Waals surface area contributed by atoms with Crippen molar-refractivity contribution in [3.8, 4) is 5.75 Å². The lowest BCUT2D eigenvalue weighted by molar-refractivity contribution is 0.0692. The molecule has 1 aromatic carbocycles. The minimum absolute atomic E-state index is 0.150. The minimum atomic E-state index is -1.01. The number of rotatable bonds is 6. The summed E-state index contributed by atoms with van der Waals surface area (Å²) in [5.74, 6) is 0.319. The molecule has 1 heterocycles. The number of ether oxygens (including phenoxy) is 1. The van der Waals surface area contributed by atoms with Crippen LogP contribution in [0, 0.1) is 0 Å². The van der Waals surface area contributed by atoms with Gasteiger partial charge in [-0.05, 0) is 12.1 Å². The molecule has 0 radical (unpaired) electrons. The third-order valence-corrected chi connectivity index (χ3v) is 3.35. The molecule has 0 spiro atoms. The molecule has 104 valence electrons. The maximum atomic E-state index is 11.0. The Hall–Kier alpha value is -2.28. The van der Waals surface area contributed by atoms with E-state index in [0.29, 0.717) is 29.0 Å². The Morgan fingerprint density at radius 2 is 2.05 bits per heavy atom. The molecule has 2 aromatic rings. The largest absolute Gasteiger partial charge is 0.492 e. The normalized spacial score (nSPS) is 10.2. The molecule has 2 rings (SSSR count). The second-order valence-corrected chi connectivity index (χ2v) is 4.83. The van der Waals surface area contributed by atoms with E-state index in [4.69, 9.17) is 15.6 Å². The summed E-state index contributed by atoms with van der Waals surface area (Å²) in [5.41, 5.74) is 5.81. The fraction of sp³-hybridized carbons (Fsp3) is 0.154. The fourth-order valence-corrected chi connectivity index (χ4v) is 2.20. The maximum Gasteiger partial charge on any atom is 0.339 e. The predicted octanol–water partition coefficient (Wildman–Crippen LogP) is 1.93. The quantitative estimate of drug-likeness (QED) is 0.619. The second-order valence-electron chi connectivity index (χ2n) is 3.74. The number of nitrogens with zero attached hydrogens (tertiary/aromatic N) is 2. The molecule has 0 bridgehead atoms. The lowest BCUT2D eigenvalue weighted by atomic mass is 10.2. The molecule has 1 aromatic heterocycles. The van der Waals surface area contributed by atoms with Gasteiger partial charge in [0, 0.05) is 18.1 Å². The number of carbonyl (C=O) groups is 1. The van der Waals surface area contributed by atoms with Gasteiger partial charge in [0.2, 0.25) is 0 Å². The first kappa shape index (κ1) is 14.1. The molecule has 6 nitrogen and oxygen atoms in total. The monoisotopic (exact) mass is 291 g/mol. The summed E-state index contributed by atoms with van der Waals surface area (Å²) in [4.78, 5) is 19.0. The van der Waals surface area contributed by atoms with Gasteiger partial charge in [-0.1, -0.05) is 23.9 Å². The number of para-hydroxylation sites is 1. The predicted molar refractivity (Wildman–Crippen MR) is 76.1 cm³/mol. The van der Waals surface area contributed by atoms with E-state index < -0.39 is 5.97 Å². The fourth-order valence-electron chi connectivity index (χ4n) is 1.51. The van der Waals surface area contributed by atoms with Gasteiger partial charge < -0.3 is 15.6 Å². The maximum absolute atomic E-state index is 11.0. The van der Waals surface area contributed by atoms with Gasteiger partial charge in [-0.25, -0.2) is 14.8 Å². The van der Waals surface area contributed by atoms with Gasteiger partial charge >= 0.3 is 5.97 Å². The Bertz CT molecular complexity index is 607. The summed E-state index contributed by atoms with van der Waals surface area (Å²) in [6.07, 6.45) is 3.10. The lowest BCUT2D eigenvalue weighted by Crippen LogP contribution is -2.06. The van der Waals surface area contributed by atoms with Crippen molar-refractivity contribution in [2.24, 2.45) is 0 Å². The van der Waals surface area contributed by atoms with Crippen molar-refractivity contribution in [2.45, 2.75) is 5.03 Å². The molecular formula is C13H13N3O3S.